The molecule has 0 aliphatic rings. The van der Waals surface area contributed by atoms with Crippen LogP contribution in [0.5, 0.6) is 0 Å². The molecular weight excluding hydrogens is 284 g/mol. The molecule has 0 aliphatic carbocycles. The molecule has 0 fully saturated rings. The van der Waals surface area contributed by atoms with Crippen LogP contribution in [-0.2, 0) is 24.0 Å². The first kappa shape index (κ1) is 14.0. The molecule has 0 atom stereocenters. The molecule has 0 bridgehead atoms. The second kappa shape index (κ2) is 6.12. The Morgan fingerprint density at radius 1 is 1.42 bits per heavy atom. The van der Waals surface area contributed by atoms with Crippen LogP contribution in [0.3, 0.4) is 0 Å². The van der Waals surface area contributed by atoms with E-state index in [0.717, 1.165) is 22.0 Å². The topological polar surface area (TPSA) is 55.1 Å². The van der Waals surface area contributed by atoms with Crippen LogP contribution in [0.2, 0.25) is 5.15 Å². The zero-order valence-electron chi connectivity index (χ0n) is 10.3. The van der Waals surface area contributed by atoms with Crippen molar-refractivity contribution in [3.8, 4) is 0 Å². The predicted molar refractivity (Wildman–Crippen MR) is 75.6 cm³/mol. The highest BCUT2D eigenvalue weighted by molar-refractivity contribution is 7.98. The number of rotatable bonds is 5. The third-order valence-electron chi connectivity index (χ3n) is 2.67. The van der Waals surface area contributed by atoms with Gasteiger partial charge in [-0.3, -0.25) is 4.79 Å². The van der Waals surface area contributed by atoms with Crippen LogP contribution in [0.15, 0.2) is 35.4 Å². The molecule has 2 rings (SSSR count). The van der Waals surface area contributed by atoms with Crippen molar-refractivity contribution in [2.45, 2.75) is 17.1 Å². The van der Waals surface area contributed by atoms with E-state index in [9.17, 15) is 4.79 Å². The van der Waals surface area contributed by atoms with Crippen LogP contribution in [0.1, 0.15) is 11.4 Å². The van der Waals surface area contributed by atoms with Gasteiger partial charge in [-0.15, -0.1) is 11.8 Å². The van der Waals surface area contributed by atoms with Gasteiger partial charge in [0.25, 0.3) is 0 Å². The zero-order chi connectivity index (χ0) is 13.8. The Kier molecular flexibility index (Phi) is 4.50. The number of nitrogens with zero attached hydrogens (tertiary/aromatic N) is 2. The first-order chi connectivity index (χ1) is 9.06. The minimum absolute atomic E-state index is 0.0555. The van der Waals surface area contributed by atoms with Crippen molar-refractivity contribution < 1.29 is 9.90 Å². The van der Waals surface area contributed by atoms with E-state index in [-0.39, 0.29) is 6.42 Å². The summed E-state index contributed by atoms with van der Waals surface area (Å²) >= 11 is 7.56. The van der Waals surface area contributed by atoms with Crippen molar-refractivity contribution in [1.82, 2.24) is 9.55 Å². The molecule has 1 aromatic carbocycles. The lowest BCUT2D eigenvalue weighted by atomic mass is 10.2. The smallest absolute Gasteiger partial charge is 0.307 e. The predicted octanol–water partition coefficient (Wildman–Crippen LogP) is 2.99. The molecule has 0 saturated carbocycles. The van der Waals surface area contributed by atoms with Crippen LogP contribution in [-0.4, -0.2) is 20.6 Å². The summed E-state index contributed by atoms with van der Waals surface area (Å²) in [5.41, 5.74) is 0.803. The second-order valence-electron chi connectivity index (χ2n) is 4.06. The Hall–Kier alpha value is -1.46. The average Bonchev–Trinajstić information content (AvgIpc) is 2.69. The number of halogens is 1. The molecule has 0 amide bonds. The van der Waals surface area contributed by atoms with Crippen LogP contribution < -0.4 is 0 Å². The summed E-state index contributed by atoms with van der Waals surface area (Å²) < 4.78 is 1.84. The van der Waals surface area contributed by atoms with Gasteiger partial charge in [-0.2, -0.15) is 0 Å². The average molecular weight is 297 g/mol. The van der Waals surface area contributed by atoms with E-state index in [1.807, 2.05) is 35.9 Å². The number of hydrogen-bond acceptors (Lipinski definition) is 3. The molecular formula is C13H13ClN2O2S. The van der Waals surface area contributed by atoms with Crippen molar-refractivity contribution in [3.05, 3.63) is 47.0 Å². The summed E-state index contributed by atoms with van der Waals surface area (Å²) in [6.45, 7) is 0. The van der Waals surface area contributed by atoms with E-state index in [1.165, 1.54) is 0 Å². The molecule has 2 aromatic rings. The van der Waals surface area contributed by atoms with Crippen LogP contribution in [0.4, 0.5) is 0 Å². The van der Waals surface area contributed by atoms with Gasteiger partial charge in [0, 0.05) is 11.9 Å². The molecule has 19 heavy (non-hydrogen) atoms. The van der Waals surface area contributed by atoms with Gasteiger partial charge in [-0.05, 0) is 17.7 Å². The van der Waals surface area contributed by atoms with Crippen LogP contribution in [0, 0.1) is 0 Å². The fraction of sp³-hybridized carbons (Fsp3) is 0.231. The highest BCUT2D eigenvalue weighted by Crippen LogP contribution is 2.23. The molecule has 100 valence electrons. The standard InChI is InChI=1S/C13H13ClN2O2S/c1-16-11(14)7-15-12(16)8-19-10-4-2-9(3-5-10)6-13(17)18/h2-5,7H,6,8H2,1H3,(H,17,18). The van der Waals surface area contributed by atoms with E-state index in [0.29, 0.717) is 5.15 Å². The number of aromatic nitrogens is 2. The lowest BCUT2D eigenvalue weighted by molar-refractivity contribution is -0.136. The van der Waals surface area contributed by atoms with Gasteiger partial charge in [-0.1, -0.05) is 23.7 Å². The van der Waals surface area contributed by atoms with Gasteiger partial charge in [-0.25, -0.2) is 4.98 Å². The van der Waals surface area contributed by atoms with E-state index in [1.54, 1.807) is 18.0 Å². The highest BCUT2D eigenvalue weighted by Gasteiger charge is 2.05. The third kappa shape index (κ3) is 3.75. The first-order valence-corrected chi connectivity index (χ1v) is 7.02. The molecule has 4 nitrogen and oxygen atoms in total. The summed E-state index contributed by atoms with van der Waals surface area (Å²) in [6, 6.07) is 7.52. The van der Waals surface area contributed by atoms with E-state index >= 15 is 0 Å². The van der Waals surface area contributed by atoms with E-state index in [2.05, 4.69) is 4.98 Å². The summed E-state index contributed by atoms with van der Waals surface area (Å²) in [6.07, 6.45) is 1.69. The van der Waals surface area contributed by atoms with Crippen molar-refractivity contribution in [2.75, 3.05) is 0 Å². The van der Waals surface area contributed by atoms with Gasteiger partial charge in [0.15, 0.2) is 0 Å². The number of aliphatic carboxylic acids is 1. The Bertz CT molecular complexity index is 581. The van der Waals surface area contributed by atoms with Gasteiger partial charge >= 0.3 is 5.97 Å². The molecule has 1 heterocycles. The number of carboxylic acid groups (broad SMARTS) is 1. The lowest BCUT2D eigenvalue weighted by Crippen LogP contribution is -1.99. The number of benzene rings is 1. The van der Waals surface area contributed by atoms with Crippen molar-refractivity contribution >= 4 is 29.3 Å². The second-order valence-corrected chi connectivity index (χ2v) is 5.50. The fourth-order valence-corrected chi connectivity index (χ4v) is 2.62. The van der Waals surface area contributed by atoms with Gasteiger partial charge in [0.05, 0.1) is 18.4 Å². The summed E-state index contributed by atoms with van der Waals surface area (Å²) in [5.74, 6) is 0.814. The van der Waals surface area contributed by atoms with Crippen molar-refractivity contribution in [3.63, 3.8) is 0 Å². The fourth-order valence-electron chi connectivity index (χ4n) is 1.58. The summed E-state index contributed by atoms with van der Waals surface area (Å²) in [5, 5.41) is 9.31. The van der Waals surface area contributed by atoms with Gasteiger partial charge in [0.1, 0.15) is 11.0 Å². The first-order valence-electron chi connectivity index (χ1n) is 5.66. The normalized spacial score (nSPS) is 10.6. The SMILES string of the molecule is Cn1c(Cl)cnc1CSc1ccc(CC(=O)O)cc1. The Balaban J connectivity index is 1.96. The third-order valence-corrected chi connectivity index (χ3v) is 4.03. The number of thioether (sulfide) groups is 1. The van der Waals surface area contributed by atoms with Gasteiger partial charge < -0.3 is 9.67 Å². The Labute approximate surface area is 120 Å². The molecule has 0 spiro atoms. The van der Waals surface area contributed by atoms with Gasteiger partial charge in [0.2, 0.25) is 0 Å². The quantitative estimate of drug-likeness (QED) is 0.862. The number of imidazole rings is 1. The maximum absolute atomic E-state index is 10.6. The maximum Gasteiger partial charge on any atom is 0.307 e. The van der Waals surface area contributed by atoms with E-state index in [4.69, 9.17) is 16.7 Å². The van der Waals surface area contributed by atoms with Crippen molar-refractivity contribution in [2.24, 2.45) is 7.05 Å². The number of carboxylic acids is 1. The molecule has 0 aliphatic heterocycles. The maximum atomic E-state index is 10.6. The molecule has 1 N–H and O–H groups in total. The minimum atomic E-state index is -0.817. The molecule has 6 heteroatoms. The zero-order valence-corrected chi connectivity index (χ0v) is 11.9. The van der Waals surface area contributed by atoms with Crippen LogP contribution >= 0.6 is 23.4 Å². The van der Waals surface area contributed by atoms with Crippen LogP contribution in [0.25, 0.3) is 0 Å². The molecule has 1 aromatic heterocycles. The minimum Gasteiger partial charge on any atom is -0.481 e. The number of carbonyl (C=O) groups is 1. The van der Waals surface area contributed by atoms with Crippen molar-refractivity contribution in [1.29, 1.82) is 0 Å². The largest absolute Gasteiger partial charge is 0.481 e. The number of hydrogen-bond donors (Lipinski definition) is 1. The monoisotopic (exact) mass is 296 g/mol. The summed E-state index contributed by atoms with van der Waals surface area (Å²) in [7, 11) is 1.88. The van der Waals surface area contributed by atoms with E-state index < -0.39 is 5.97 Å². The Morgan fingerprint density at radius 2 is 2.11 bits per heavy atom. The Morgan fingerprint density at radius 3 is 2.63 bits per heavy atom. The lowest BCUT2D eigenvalue weighted by Gasteiger charge is -2.04. The summed E-state index contributed by atoms with van der Waals surface area (Å²) in [4.78, 5) is 15.9. The molecule has 0 unspecified atom stereocenters. The molecule has 0 radical (unpaired) electrons. The molecule has 0 saturated heterocycles. The highest BCUT2D eigenvalue weighted by atomic mass is 35.5.